The summed E-state index contributed by atoms with van der Waals surface area (Å²) in [6, 6.07) is 3.38. The molecule has 15 heavy (non-hydrogen) atoms. The summed E-state index contributed by atoms with van der Waals surface area (Å²) in [5.74, 6) is -0.158. The molecule has 6 heteroatoms. The van der Waals surface area contributed by atoms with Crippen LogP contribution in [0.4, 0.5) is 5.69 Å². The maximum absolute atomic E-state index is 10.9. The van der Waals surface area contributed by atoms with Gasteiger partial charge in [-0.05, 0) is 12.1 Å². The van der Waals surface area contributed by atoms with Crippen LogP contribution in [0.3, 0.4) is 0 Å². The van der Waals surface area contributed by atoms with Crippen LogP contribution in [0.5, 0.6) is 0 Å². The van der Waals surface area contributed by atoms with Gasteiger partial charge in [0.15, 0.2) is 5.69 Å². The maximum atomic E-state index is 10.9. The lowest BCUT2D eigenvalue weighted by Gasteiger charge is -2.00. The van der Waals surface area contributed by atoms with Crippen molar-refractivity contribution in [1.29, 1.82) is 0 Å². The van der Waals surface area contributed by atoms with Gasteiger partial charge in [-0.25, -0.2) is 9.78 Å². The molecule has 0 fully saturated rings. The number of carboxylic acids is 1. The molecular formula is C9H9N3O2S. The van der Waals surface area contributed by atoms with Crippen LogP contribution < -0.4 is 5.73 Å². The van der Waals surface area contributed by atoms with Crippen molar-refractivity contribution in [1.82, 2.24) is 9.38 Å². The molecule has 0 amide bonds. The van der Waals surface area contributed by atoms with Gasteiger partial charge in [0, 0.05) is 11.9 Å². The quantitative estimate of drug-likeness (QED) is 0.665. The van der Waals surface area contributed by atoms with Gasteiger partial charge in [0.2, 0.25) is 0 Å². The van der Waals surface area contributed by atoms with E-state index >= 15 is 0 Å². The summed E-state index contributed by atoms with van der Waals surface area (Å²) in [5, 5.41) is 8.96. The second kappa shape index (κ2) is 3.47. The molecule has 0 unspecified atom stereocenters. The molecule has 0 aliphatic rings. The SMILES string of the molecule is Nc1cccn2c(CS)nc(C(=O)O)c12. The molecule has 5 nitrogen and oxygen atoms in total. The van der Waals surface area contributed by atoms with Crippen molar-refractivity contribution in [2.45, 2.75) is 5.75 Å². The van der Waals surface area contributed by atoms with Gasteiger partial charge < -0.3 is 15.2 Å². The van der Waals surface area contributed by atoms with E-state index in [0.29, 0.717) is 22.8 Å². The summed E-state index contributed by atoms with van der Waals surface area (Å²) in [7, 11) is 0. The molecule has 0 saturated heterocycles. The number of hydrogen-bond donors (Lipinski definition) is 3. The van der Waals surface area contributed by atoms with Gasteiger partial charge >= 0.3 is 5.97 Å². The first-order chi connectivity index (χ1) is 7.15. The Morgan fingerprint density at radius 1 is 1.67 bits per heavy atom. The zero-order valence-electron chi connectivity index (χ0n) is 7.71. The zero-order chi connectivity index (χ0) is 11.0. The van der Waals surface area contributed by atoms with Crippen molar-refractivity contribution in [2.24, 2.45) is 0 Å². The topological polar surface area (TPSA) is 80.6 Å². The highest BCUT2D eigenvalue weighted by Gasteiger charge is 2.17. The Bertz CT molecular complexity index is 535. The van der Waals surface area contributed by atoms with Crippen molar-refractivity contribution >= 4 is 29.8 Å². The van der Waals surface area contributed by atoms with Crippen molar-refractivity contribution < 1.29 is 9.90 Å². The van der Waals surface area contributed by atoms with Crippen LogP contribution in [0.2, 0.25) is 0 Å². The Kier molecular flexibility index (Phi) is 2.28. The third kappa shape index (κ3) is 1.42. The lowest BCUT2D eigenvalue weighted by molar-refractivity contribution is 0.0693. The highest BCUT2D eigenvalue weighted by molar-refractivity contribution is 7.79. The van der Waals surface area contributed by atoms with Crippen LogP contribution in [0.1, 0.15) is 16.3 Å². The number of aromatic nitrogens is 2. The molecule has 3 N–H and O–H groups in total. The number of aromatic carboxylic acids is 1. The number of hydrogen-bond acceptors (Lipinski definition) is 4. The third-order valence-electron chi connectivity index (χ3n) is 2.11. The molecule has 0 radical (unpaired) electrons. The summed E-state index contributed by atoms with van der Waals surface area (Å²) in [6.07, 6.45) is 1.72. The molecule has 0 aromatic carbocycles. The number of thiol groups is 1. The fourth-order valence-electron chi connectivity index (χ4n) is 1.49. The minimum Gasteiger partial charge on any atom is -0.476 e. The predicted molar refractivity (Wildman–Crippen MR) is 59.3 cm³/mol. The maximum Gasteiger partial charge on any atom is 0.356 e. The Labute approximate surface area is 90.9 Å². The number of carbonyl (C=O) groups is 1. The van der Waals surface area contributed by atoms with Crippen molar-refractivity contribution in [3.8, 4) is 0 Å². The molecule has 0 spiro atoms. The largest absolute Gasteiger partial charge is 0.476 e. The number of nitrogens with two attached hydrogens (primary N) is 1. The summed E-state index contributed by atoms with van der Waals surface area (Å²) in [5.41, 5.74) is 6.51. The van der Waals surface area contributed by atoms with Crippen LogP contribution in [0.15, 0.2) is 18.3 Å². The van der Waals surface area contributed by atoms with E-state index in [1.54, 1.807) is 22.7 Å². The number of imidazole rings is 1. The van der Waals surface area contributed by atoms with E-state index in [4.69, 9.17) is 10.8 Å². The molecule has 0 saturated carbocycles. The average molecular weight is 223 g/mol. The van der Waals surface area contributed by atoms with Crippen molar-refractivity contribution in [3.63, 3.8) is 0 Å². The molecule has 2 aromatic heterocycles. The number of nitrogens with zero attached hydrogens (tertiary/aromatic N) is 2. The fourth-order valence-corrected chi connectivity index (χ4v) is 1.71. The van der Waals surface area contributed by atoms with E-state index in [9.17, 15) is 4.79 Å². The minimum absolute atomic E-state index is 0.0304. The molecule has 2 rings (SSSR count). The lowest BCUT2D eigenvalue weighted by Crippen LogP contribution is -2.00. The van der Waals surface area contributed by atoms with Crippen LogP contribution in [-0.2, 0) is 5.75 Å². The van der Waals surface area contributed by atoms with Gasteiger partial charge in [-0.3, -0.25) is 0 Å². The molecule has 2 aromatic rings. The summed E-state index contributed by atoms with van der Waals surface area (Å²) < 4.78 is 1.64. The normalized spacial score (nSPS) is 10.7. The summed E-state index contributed by atoms with van der Waals surface area (Å²) in [6.45, 7) is 0. The number of anilines is 1. The van der Waals surface area contributed by atoms with E-state index in [2.05, 4.69) is 17.6 Å². The van der Waals surface area contributed by atoms with Gasteiger partial charge in [0.25, 0.3) is 0 Å². The van der Waals surface area contributed by atoms with Crippen LogP contribution in [-0.4, -0.2) is 20.5 Å². The Balaban J connectivity index is 2.88. The van der Waals surface area contributed by atoms with E-state index in [-0.39, 0.29) is 5.69 Å². The Morgan fingerprint density at radius 3 is 3.00 bits per heavy atom. The third-order valence-corrected chi connectivity index (χ3v) is 2.40. The van der Waals surface area contributed by atoms with E-state index < -0.39 is 5.97 Å². The van der Waals surface area contributed by atoms with Crippen molar-refractivity contribution in [2.75, 3.05) is 5.73 Å². The van der Waals surface area contributed by atoms with Crippen LogP contribution >= 0.6 is 12.6 Å². The number of pyridine rings is 1. The van der Waals surface area contributed by atoms with Crippen LogP contribution in [0, 0.1) is 0 Å². The van der Waals surface area contributed by atoms with Gasteiger partial charge in [-0.2, -0.15) is 12.6 Å². The van der Waals surface area contributed by atoms with E-state index in [1.165, 1.54) is 0 Å². The second-order valence-electron chi connectivity index (χ2n) is 3.02. The summed E-state index contributed by atoms with van der Waals surface area (Å²) >= 11 is 4.08. The first-order valence-electron chi connectivity index (χ1n) is 4.24. The Hall–Kier alpha value is -1.69. The molecule has 0 bridgehead atoms. The lowest BCUT2D eigenvalue weighted by atomic mass is 10.3. The standard InChI is InChI=1S/C9H9N3O2S/c10-5-2-1-3-12-6(4-15)11-7(8(5)12)9(13)14/h1-3,15H,4,10H2,(H,13,14). The summed E-state index contributed by atoms with van der Waals surface area (Å²) in [4.78, 5) is 14.9. The second-order valence-corrected chi connectivity index (χ2v) is 3.34. The fraction of sp³-hybridized carbons (Fsp3) is 0.111. The zero-order valence-corrected chi connectivity index (χ0v) is 8.61. The molecular weight excluding hydrogens is 214 g/mol. The van der Waals surface area contributed by atoms with Crippen molar-refractivity contribution in [3.05, 3.63) is 29.8 Å². The van der Waals surface area contributed by atoms with Crippen LogP contribution in [0.25, 0.3) is 5.52 Å². The molecule has 0 atom stereocenters. The molecule has 0 aliphatic heterocycles. The van der Waals surface area contributed by atoms with E-state index in [0.717, 1.165) is 0 Å². The van der Waals surface area contributed by atoms with Gasteiger partial charge in [0.05, 0.1) is 5.69 Å². The molecule has 2 heterocycles. The molecule has 0 aliphatic carbocycles. The molecule has 78 valence electrons. The highest BCUT2D eigenvalue weighted by Crippen LogP contribution is 2.20. The Morgan fingerprint density at radius 2 is 2.40 bits per heavy atom. The number of nitrogen functional groups attached to an aromatic ring is 1. The predicted octanol–water partition coefficient (Wildman–Crippen LogP) is 1.04. The number of carboxylic acid groups (broad SMARTS) is 1. The smallest absolute Gasteiger partial charge is 0.356 e. The van der Waals surface area contributed by atoms with E-state index in [1.807, 2.05) is 0 Å². The van der Waals surface area contributed by atoms with Gasteiger partial charge in [-0.15, -0.1) is 0 Å². The minimum atomic E-state index is -1.08. The first-order valence-corrected chi connectivity index (χ1v) is 4.88. The highest BCUT2D eigenvalue weighted by atomic mass is 32.1. The number of fused-ring (bicyclic) bond motifs is 1. The van der Waals surface area contributed by atoms with Gasteiger partial charge in [-0.1, -0.05) is 0 Å². The first kappa shape index (κ1) is 9.85. The number of rotatable bonds is 2. The monoisotopic (exact) mass is 223 g/mol. The average Bonchev–Trinajstić information content (AvgIpc) is 2.58. The van der Waals surface area contributed by atoms with Gasteiger partial charge in [0.1, 0.15) is 11.3 Å².